The molecule has 2 N–H and O–H groups in total. The minimum Gasteiger partial charge on any atom is -0.338 e. The Balaban J connectivity index is 2.07. The third-order valence-electron chi connectivity index (χ3n) is 3.77. The Hall–Kier alpha value is -1.42. The van der Waals surface area contributed by atoms with E-state index < -0.39 is 0 Å². The Labute approximate surface area is 113 Å². The number of nitrogens with two attached hydrogens (primary N) is 1. The van der Waals surface area contributed by atoms with Crippen molar-refractivity contribution in [2.45, 2.75) is 38.1 Å². The van der Waals surface area contributed by atoms with Gasteiger partial charge in [-0.15, -0.1) is 0 Å². The zero-order valence-electron chi connectivity index (χ0n) is 11.1. The van der Waals surface area contributed by atoms with Gasteiger partial charge in [-0.25, -0.2) is 4.39 Å². The molecule has 0 saturated carbocycles. The molecule has 1 atom stereocenters. The third-order valence-corrected chi connectivity index (χ3v) is 3.77. The molecule has 1 aliphatic heterocycles. The molecule has 104 valence electrons. The third kappa shape index (κ3) is 3.53. The molecule has 1 unspecified atom stereocenters. The molecule has 2 rings (SSSR count). The molecule has 1 saturated heterocycles. The first-order valence-electron chi connectivity index (χ1n) is 6.95. The van der Waals surface area contributed by atoms with Crippen LogP contribution in [0.4, 0.5) is 4.39 Å². The van der Waals surface area contributed by atoms with Crippen LogP contribution in [0.25, 0.3) is 0 Å². The maximum absolute atomic E-state index is 13.6. The maximum atomic E-state index is 13.6. The van der Waals surface area contributed by atoms with Gasteiger partial charge < -0.3 is 10.6 Å². The molecule has 0 aromatic heterocycles. The monoisotopic (exact) mass is 264 g/mol. The number of halogens is 1. The van der Waals surface area contributed by atoms with Gasteiger partial charge in [0.2, 0.25) is 5.91 Å². The molecule has 1 aliphatic rings. The van der Waals surface area contributed by atoms with E-state index in [2.05, 4.69) is 0 Å². The van der Waals surface area contributed by atoms with Crippen LogP contribution in [0.15, 0.2) is 24.3 Å². The van der Waals surface area contributed by atoms with Crippen LogP contribution in [0.5, 0.6) is 0 Å². The molecule has 1 aromatic rings. The summed E-state index contributed by atoms with van der Waals surface area (Å²) >= 11 is 0. The fourth-order valence-electron chi connectivity index (χ4n) is 2.66. The summed E-state index contributed by atoms with van der Waals surface area (Å²) in [6, 6.07) is 6.57. The standard InChI is InChI=1S/C15H21FN2O/c16-14-8-4-3-6-12(14)10-15(19)18-9-5-1-2-7-13(18)11-17/h3-4,6,8,13H,1-2,5,7,9-11,17H2. The van der Waals surface area contributed by atoms with Crippen LogP contribution in [0.3, 0.4) is 0 Å². The molecular formula is C15H21FN2O. The summed E-state index contributed by atoms with van der Waals surface area (Å²) in [6.07, 6.45) is 4.35. The summed E-state index contributed by atoms with van der Waals surface area (Å²) in [5, 5.41) is 0. The molecular weight excluding hydrogens is 243 g/mol. The second-order valence-electron chi connectivity index (χ2n) is 5.09. The normalized spacial score (nSPS) is 20.1. The maximum Gasteiger partial charge on any atom is 0.227 e. The van der Waals surface area contributed by atoms with Gasteiger partial charge in [-0.1, -0.05) is 31.0 Å². The minimum absolute atomic E-state index is 0.0116. The van der Waals surface area contributed by atoms with Gasteiger partial charge in [-0.05, 0) is 24.5 Å². The Morgan fingerprint density at radius 3 is 2.84 bits per heavy atom. The van der Waals surface area contributed by atoms with Crippen molar-refractivity contribution in [3.8, 4) is 0 Å². The average Bonchev–Trinajstić information content (AvgIpc) is 2.66. The Morgan fingerprint density at radius 1 is 1.32 bits per heavy atom. The molecule has 1 amide bonds. The zero-order chi connectivity index (χ0) is 13.7. The SMILES string of the molecule is NCC1CCCCCN1C(=O)Cc1ccccc1F. The van der Waals surface area contributed by atoms with E-state index in [1.165, 1.54) is 6.07 Å². The van der Waals surface area contributed by atoms with Crippen LogP contribution >= 0.6 is 0 Å². The topological polar surface area (TPSA) is 46.3 Å². The molecule has 19 heavy (non-hydrogen) atoms. The van der Waals surface area contributed by atoms with Gasteiger partial charge in [0.15, 0.2) is 0 Å². The van der Waals surface area contributed by atoms with Gasteiger partial charge in [0, 0.05) is 19.1 Å². The van der Waals surface area contributed by atoms with Gasteiger partial charge >= 0.3 is 0 Å². The van der Waals surface area contributed by atoms with E-state index in [1.54, 1.807) is 18.2 Å². The van der Waals surface area contributed by atoms with Gasteiger partial charge in [-0.2, -0.15) is 0 Å². The average molecular weight is 264 g/mol. The molecule has 0 radical (unpaired) electrons. The molecule has 0 bridgehead atoms. The molecule has 1 heterocycles. The largest absolute Gasteiger partial charge is 0.338 e. The summed E-state index contributed by atoms with van der Waals surface area (Å²) in [6.45, 7) is 1.23. The van der Waals surface area contributed by atoms with E-state index in [0.29, 0.717) is 12.1 Å². The highest BCUT2D eigenvalue weighted by Crippen LogP contribution is 2.18. The highest BCUT2D eigenvalue weighted by molar-refractivity contribution is 5.79. The fraction of sp³-hybridized carbons (Fsp3) is 0.533. The van der Waals surface area contributed by atoms with E-state index in [4.69, 9.17) is 5.73 Å². The number of carbonyl (C=O) groups excluding carboxylic acids is 1. The number of nitrogens with zero attached hydrogens (tertiary/aromatic N) is 1. The van der Waals surface area contributed by atoms with Crippen molar-refractivity contribution < 1.29 is 9.18 Å². The lowest BCUT2D eigenvalue weighted by atomic mass is 10.1. The lowest BCUT2D eigenvalue weighted by molar-refractivity contribution is -0.132. The first-order valence-corrected chi connectivity index (χ1v) is 6.95. The van der Waals surface area contributed by atoms with Crippen molar-refractivity contribution in [1.29, 1.82) is 0 Å². The summed E-state index contributed by atoms with van der Waals surface area (Å²) in [5.41, 5.74) is 6.22. The number of rotatable bonds is 3. The first-order chi connectivity index (χ1) is 9.22. The quantitative estimate of drug-likeness (QED) is 0.908. The summed E-state index contributed by atoms with van der Waals surface area (Å²) in [7, 11) is 0. The number of benzene rings is 1. The van der Waals surface area contributed by atoms with E-state index >= 15 is 0 Å². The van der Waals surface area contributed by atoms with Gasteiger partial charge in [0.25, 0.3) is 0 Å². The van der Waals surface area contributed by atoms with Crippen LogP contribution in [-0.2, 0) is 11.2 Å². The van der Waals surface area contributed by atoms with Crippen LogP contribution in [0, 0.1) is 5.82 Å². The van der Waals surface area contributed by atoms with Gasteiger partial charge in [-0.3, -0.25) is 4.79 Å². The van der Waals surface area contributed by atoms with Crippen LogP contribution in [-0.4, -0.2) is 29.9 Å². The van der Waals surface area contributed by atoms with Crippen LogP contribution < -0.4 is 5.73 Å². The van der Waals surface area contributed by atoms with Crippen LogP contribution in [0.1, 0.15) is 31.2 Å². The minimum atomic E-state index is -0.310. The lowest BCUT2D eigenvalue weighted by Crippen LogP contribution is -2.44. The van der Waals surface area contributed by atoms with Crippen molar-refractivity contribution in [2.24, 2.45) is 5.73 Å². The van der Waals surface area contributed by atoms with Crippen molar-refractivity contribution >= 4 is 5.91 Å². The molecule has 0 aliphatic carbocycles. The number of likely N-dealkylation sites (tertiary alicyclic amines) is 1. The Kier molecular flexibility index (Phi) is 4.91. The molecule has 4 heteroatoms. The number of carbonyl (C=O) groups is 1. The number of amides is 1. The second kappa shape index (κ2) is 6.66. The molecule has 3 nitrogen and oxygen atoms in total. The van der Waals surface area contributed by atoms with Crippen molar-refractivity contribution in [3.63, 3.8) is 0 Å². The first kappa shape index (κ1) is 14.0. The van der Waals surface area contributed by atoms with E-state index in [9.17, 15) is 9.18 Å². The van der Waals surface area contributed by atoms with E-state index in [-0.39, 0.29) is 24.2 Å². The summed E-state index contributed by atoms with van der Waals surface area (Å²) in [4.78, 5) is 14.2. The predicted octanol–water partition coefficient (Wildman–Crippen LogP) is 2.10. The van der Waals surface area contributed by atoms with E-state index in [1.807, 2.05) is 4.90 Å². The zero-order valence-corrected chi connectivity index (χ0v) is 11.1. The van der Waals surface area contributed by atoms with Crippen molar-refractivity contribution in [1.82, 2.24) is 4.90 Å². The van der Waals surface area contributed by atoms with Crippen LogP contribution in [0.2, 0.25) is 0 Å². The molecule has 0 spiro atoms. The van der Waals surface area contributed by atoms with Gasteiger partial charge in [0.1, 0.15) is 5.82 Å². The number of hydrogen-bond donors (Lipinski definition) is 1. The van der Waals surface area contributed by atoms with E-state index in [0.717, 1.165) is 32.2 Å². The fourth-order valence-corrected chi connectivity index (χ4v) is 2.66. The highest BCUT2D eigenvalue weighted by atomic mass is 19.1. The molecule has 1 fully saturated rings. The smallest absolute Gasteiger partial charge is 0.227 e. The highest BCUT2D eigenvalue weighted by Gasteiger charge is 2.24. The second-order valence-corrected chi connectivity index (χ2v) is 5.09. The lowest BCUT2D eigenvalue weighted by Gasteiger charge is -2.29. The Morgan fingerprint density at radius 2 is 2.11 bits per heavy atom. The van der Waals surface area contributed by atoms with Crippen molar-refractivity contribution in [2.75, 3.05) is 13.1 Å². The van der Waals surface area contributed by atoms with Crippen molar-refractivity contribution in [3.05, 3.63) is 35.6 Å². The summed E-state index contributed by atoms with van der Waals surface area (Å²) < 4.78 is 13.6. The van der Waals surface area contributed by atoms with Gasteiger partial charge in [0.05, 0.1) is 6.42 Å². The number of hydrogen-bond acceptors (Lipinski definition) is 2. The predicted molar refractivity (Wildman–Crippen MR) is 73.1 cm³/mol. The Bertz CT molecular complexity index is 436. The molecule has 1 aromatic carbocycles. The summed E-state index contributed by atoms with van der Waals surface area (Å²) in [5.74, 6) is -0.322.